The highest BCUT2D eigenvalue weighted by Gasteiger charge is 2.13. The van der Waals surface area contributed by atoms with E-state index in [2.05, 4.69) is 0 Å². The minimum absolute atomic E-state index is 0.0355. The molecule has 0 fully saturated rings. The van der Waals surface area contributed by atoms with Crippen molar-refractivity contribution in [3.63, 3.8) is 0 Å². The van der Waals surface area contributed by atoms with Crippen LogP contribution in [0.25, 0.3) is 0 Å². The van der Waals surface area contributed by atoms with Crippen molar-refractivity contribution in [3.8, 4) is 5.75 Å². The third-order valence-electron chi connectivity index (χ3n) is 2.27. The van der Waals surface area contributed by atoms with Crippen LogP contribution in [0.5, 0.6) is 5.75 Å². The summed E-state index contributed by atoms with van der Waals surface area (Å²) < 4.78 is 5.31. The van der Waals surface area contributed by atoms with E-state index in [1.54, 1.807) is 5.23 Å². The average molecular weight is 253 g/mol. The highest BCUT2D eigenvalue weighted by Crippen LogP contribution is 2.20. The number of benzene rings is 1. The molecule has 0 bridgehead atoms. The van der Waals surface area contributed by atoms with Gasteiger partial charge in [-0.05, 0) is 35.6 Å². The maximum absolute atomic E-state index is 10.2. The molecule has 4 nitrogen and oxygen atoms in total. The van der Waals surface area contributed by atoms with Gasteiger partial charge in [-0.2, -0.15) is 0 Å². The summed E-state index contributed by atoms with van der Waals surface area (Å²) >= 11 is 0. The van der Waals surface area contributed by atoms with Gasteiger partial charge in [0.2, 0.25) is 0 Å². The second-order valence-corrected chi connectivity index (χ2v) is 4.10. The molecule has 1 aromatic carbocycles. The number of hydrogen-bond acceptors (Lipinski definition) is 3. The largest absolute Gasteiger partial charge is 0.494 e. The Kier molecular flexibility index (Phi) is 5.66. The van der Waals surface area contributed by atoms with Gasteiger partial charge in [0.25, 0.3) is 0 Å². The van der Waals surface area contributed by atoms with Gasteiger partial charge in [-0.15, -0.1) is 0 Å². The first-order valence-electron chi connectivity index (χ1n) is 5.25. The van der Waals surface area contributed by atoms with E-state index in [0.29, 0.717) is 17.5 Å². The molecule has 0 spiro atoms. The quantitative estimate of drug-likeness (QED) is 0.782. The van der Waals surface area contributed by atoms with E-state index in [4.69, 9.17) is 10.5 Å². The van der Waals surface area contributed by atoms with Gasteiger partial charge in [0, 0.05) is 6.54 Å². The van der Waals surface area contributed by atoms with Crippen LogP contribution in [0, 0.1) is 0 Å². The maximum atomic E-state index is 10.2. The predicted molar refractivity (Wildman–Crippen MR) is 70.3 cm³/mol. The first kappa shape index (κ1) is 13.7. The fourth-order valence-corrected chi connectivity index (χ4v) is 1.92. The summed E-state index contributed by atoms with van der Waals surface area (Å²) in [5, 5.41) is 11.2. The number of carbonyl (C=O) groups excluding carboxylic acids is 1. The average Bonchev–Trinajstić information content (AvgIpc) is 2.33. The summed E-state index contributed by atoms with van der Waals surface area (Å²) in [6.07, 6.45) is 0. The number of nitrogens with two attached hydrogens (primary N) is 1. The molecule has 0 amide bonds. The molecule has 0 aromatic heterocycles. The van der Waals surface area contributed by atoms with Crippen molar-refractivity contribution in [1.29, 1.82) is 0 Å². The molecule has 92 valence electrons. The lowest BCUT2D eigenvalue weighted by Gasteiger charge is -2.13. The zero-order valence-electron chi connectivity index (χ0n) is 9.55. The molecule has 1 rings (SSSR count). The van der Waals surface area contributed by atoms with Crippen LogP contribution >= 0.6 is 10.9 Å². The standard InChI is InChI=1S/C12H15NO3S/c1-2-16-10-5-3-9(4-6-10)11(7-13)12(15)17-8-14/h3-6,11,15H,2,7,13H2,1H3. The Morgan fingerprint density at radius 3 is 2.65 bits per heavy atom. The van der Waals surface area contributed by atoms with E-state index in [1.807, 2.05) is 31.2 Å². The first-order valence-corrected chi connectivity index (χ1v) is 6.07. The Morgan fingerprint density at radius 2 is 2.18 bits per heavy atom. The van der Waals surface area contributed by atoms with Gasteiger partial charge in [0.1, 0.15) is 10.8 Å². The molecule has 0 saturated carbocycles. The zero-order valence-corrected chi connectivity index (χ0v) is 10.4. The fourth-order valence-electron chi connectivity index (χ4n) is 1.46. The molecule has 3 N–H and O–H groups in total. The van der Waals surface area contributed by atoms with E-state index in [9.17, 15) is 9.90 Å². The number of ether oxygens (including phenoxy) is 1. The second kappa shape index (κ2) is 7.04. The number of hydrogen-bond donors (Lipinski definition) is 2. The molecular formula is C12H15NO3S. The first-order chi connectivity index (χ1) is 8.22. The van der Waals surface area contributed by atoms with Crippen molar-refractivity contribution in [2.45, 2.75) is 12.8 Å². The van der Waals surface area contributed by atoms with Crippen LogP contribution in [0.15, 0.2) is 24.3 Å². The third-order valence-corrected chi connectivity index (χ3v) is 2.85. The van der Waals surface area contributed by atoms with E-state index in [-0.39, 0.29) is 17.5 Å². The highest BCUT2D eigenvalue weighted by molar-refractivity contribution is 7.96. The van der Waals surface area contributed by atoms with Crippen LogP contribution in [-0.4, -0.2) is 28.5 Å². The Morgan fingerprint density at radius 1 is 1.53 bits per heavy atom. The normalized spacial score (nSPS) is 11.5. The van der Waals surface area contributed by atoms with Crippen molar-refractivity contribution >= 4 is 21.2 Å². The predicted octanol–water partition coefficient (Wildman–Crippen LogP) is 1.62. The Hall–Kier alpha value is -1.39. The van der Waals surface area contributed by atoms with Crippen molar-refractivity contribution < 1.29 is 14.6 Å². The summed E-state index contributed by atoms with van der Waals surface area (Å²) in [6, 6.07) is 7.27. The minimum atomic E-state index is -0.364. The Balaban J connectivity index is 2.97. The molecule has 0 radical (unpaired) electrons. The van der Waals surface area contributed by atoms with Gasteiger partial charge in [-0.25, -0.2) is 4.79 Å². The van der Waals surface area contributed by atoms with Crippen LogP contribution < -0.4 is 10.5 Å². The van der Waals surface area contributed by atoms with Gasteiger partial charge in [0.05, 0.1) is 12.5 Å². The third kappa shape index (κ3) is 3.84. The molecule has 1 unspecified atom stereocenters. The van der Waals surface area contributed by atoms with E-state index >= 15 is 0 Å². The molecule has 1 aromatic rings. The van der Waals surface area contributed by atoms with Crippen LogP contribution in [0.3, 0.4) is 0 Å². The summed E-state index contributed by atoms with van der Waals surface area (Å²) in [7, 11) is 0.629. The summed E-state index contributed by atoms with van der Waals surface area (Å²) in [6.45, 7) is 2.74. The van der Waals surface area contributed by atoms with Gasteiger partial charge < -0.3 is 15.6 Å². The monoisotopic (exact) mass is 253 g/mol. The van der Waals surface area contributed by atoms with Crippen molar-refractivity contribution in [3.05, 3.63) is 29.8 Å². The lowest BCUT2D eigenvalue weighted by atomic mass is 10.0. The zero-order chi connectivity index (χ0) is 12.7. The fraction of sp³-hybridized carbons (Fsp3) is 0.333. The SMILES string of the molecule is CCOc1ccc(C(CN)C(O)=S=C=O)cc1. The molecule has 0 aliphatic heterocycles. The van der Waals surface area contributed by atoms with Crippen LogP contribution in [0.1, 0.15) is 18.4 Å². The molecule has 0 aliphatic rings. The van der Waals surface area contributed by atoms with Crippen LogP contribution in [0.2, 0.25) is 0 Å². The van der Waals surface area contributed by atoms with Gasteiger partial charge in [0.15, 0.2) is 5.23 Å². The smallest absolute Gasteiger partial charge is 0.193 e. The van der Waals surface area contributed by atoms with Crippen LogP contribution in [0.4, 0.5) is 0 Å². The molecule has 17 heavy (non-hydrogen) atoms. The molecular weight excluding hydrogens is 238 g/mol. The van der Waals surface area contributed by atoms with Gasteiger partial charge >= 0.3 is 0 Å². The molecule has 0 aliphatic carbocycles. The Bertz CT molecular complexity index is 445. The topological polar surface area (TPSA) is 72.6 Å². The molecule has 0 saturated heterocycles. The number of aliphatic hydroxyl groups is 1. The summed E-state index contributed by atoms with van der Waals surface area (Å²) in [5.41, 5.74) is 6.42. The highest BCUT2D eigenvalue weighted by atomic mass is 32.1. The van der Waals surface area contributed by atoms with E-state index in [0.717, 1.165) is 11.3 Å². The van der Waals surface area contributed by atoms with Crippen molar-refractivity contribution in [1.82, 2.24) is 0 Å². The van der Waals surface area contributed by atoms with Crippen LogP contribution in [-0.2, 0) is 4.79 Å². The van der Waals surface area contributed by atoms with Gasteiger partial charge in [-0.3, -0.25) is 0 Å². The van der Waals surface area contributed by atoms with Crippen molar-refractivity contribution in [2.24, 2.45) is 5.73 Å². The summed E-state index contributed by atoms with van der Waals surface area (Å²) in [4.78, 5) is 10.2. The lowest BCUT2D eigenvalue weighted by molar-refractivity contribution is 0.340. The lowest BCUT2D eigenvalue weighted by Crippen LogP contribution is -2.20. The summed E-state index contributed by atoms with van der Waals surface area (Å²) in [5.74, 6) is 0.401. The van der Waals surface area contributed by atoms with Gasteiger partial charge in [-0.1, -0.05) is 12.1 Å². The number of rotatable bonds is 5. The molecule has 0 heterocycles. The number of aliphatic hydroxyl groups excluding tert-OH is 1. The van der Waals surface area contributed by atoms with E-state index in [1.165, 1.54) is 0 Å². The van der Waals surface area contributed by atoms with Crippen molar-refractivity contribution in [2.75, 3.05) is 13.2 Å². The second-order valence-electron chi connectivity index (χ2n) is 3.31. The minimum Gasteiger partial charge on any atom is -0.494 e. The van der Waals surface area contributed by atoms with E-state index < -0.39 is 0 Å². The maximum Gasteiger partial charge on any atom is 0.193 e. The Labute approximate surface area is 104 Å². The molecule has 5 heteroatoms. The molecule has 1 atom stereocenters.